The number of hydrogen-bond acceptors (Lipinski definition) is 5. The van der Waals surface area contributed by atoms with Gasteiger partial charge in [-0.2, -0.15) is 4.31 Å². The van der Waals surface area contributed by atoms with Crippen LogP contribution in [0.15, 0.2) is 47.4 Å². The van der Waals surface area contributed by atoms with E-state index in [4.69, 9.17) is 9.47 Å². The van der Waals surface area contributed by atoms with Crippen molar-refractivity contribution in [1.29, 1.82) is 0 Å². The summed E-state index contributed by atoms with van der Waals surface area (Å²) in [6.07, 6.45) is 2.04. The number of amides is 1. The van der Waals surface area contributed by atoms with Gasteiger partial charge >= 0.3 is 0 Å². The van der Waals surface area contributed by atoms with Gasteiger partial charge in [0.15, 0.2) is 0 Å². The first kappa shape index (κ1) is 21.7. The molecular weight excluding hydrogens is 423 g/mol. The van der Waals surface area contributed by atoms with Crippen LogP contribution in [0.3, 0.4) is 0 Å². The predicted octanol–water partition coefficient (Wildman–Crippen LogP) is 2.92. The number of rotatable bonds is 6. The van der Waals surface area contributed by atoms with Gasteiger partial charge in [-0.05, 0) is 48.7 Å². The van der Waals surface area contributed by atoms with Gasteiger partial charge in [0.05, 0.1) is 36.3 Å². The second-order valence-electron chi connectivity index (χ2n) is 7.78. The second-order valence-corrected chi connectivity index (χ2v) is 9.72. The minimum atomic E-state index is -3.73. The van der Waals surface area contributed by atoms with Crippen molar-refractivity contribution in [3.63, 3.8) is 0 Å². The summed E-state index contributed by atoms with van der Waals surface area (Å²) < 4.78 is 51.8. The molecule has 4 rings (SSSR count). The van der Waals surface area contributed by atoms with Crippen molar-refractivity contribution in [2.24, 2.45) is 0 Å². The Kier molecular flexibility index (Phi) is 6.00. The highest BCUT2D eigenvalue weighted by atomic mass is 32.2. The lowest BCUT2D eigenvalue weighted by atomic mass is 9.63. The van der Waals surface area contributed by atoms with Crippen molar-refractivity contribution in [2.45, 2.75) is 29.6 Å². The van der Waals surface area contributed by atoms with E-state index in [1.807, 2.05) is 0 Å². The van der Waals surface area contributed by atoms with Crippen LogP contribution in [0, 0.1) is 5.82 Å². The van der Waals surface area contributed by atoms with E-state index in [-0.39, 0.29) is 29.6 Å². The van der Waals surface area contributed by atoms with Crippen molar-refractivity contribution in [1.82, 2.24) is 4.31 Å². The summed E-state index contributed by atoms with van der Waals surface area (Å²) in [5, 5.41) is 2.84. The first-order chi connectivity index (χ1) is 14.9. The van der Waals surface area contributed by atoms with Crippen LogP contribution in [-0.4, -0.2) is 52.0 Å². The zero-order valence-electron chi connectivity index (χ0n) is 17.3. The van der Waals surface area contributed by atoms with Crippen LogP contribution in [-0.2, 0) is 25.0 Å². The summed E-state index contributed by atoms with van der Waals surface area (Å²) in [6, 6.07) is 10.5. The van der Waals surface area contributed by atoms with E-state index >= 15 is 0 Å². The Balaban J connectivity index is 1.64. The van der Waals surface area contributed by atoms with Gasteiger partial charge in [0, 0.05) is 13.1 Å². The van der Waals surface area contributed by atoms with E-state index < -0.39 is 21.3 Å². The Bertz CT molecular complexity index is 1080. The number of nitrogens with zero attached hydrogens (tertiary/aromatic N) is 1. The molecule has 0 spiro atoms. The van der Waals surface area contributed by atoms with Crippen LogP contribution in [0.2, 0.25) is 0 Å². The third kappa shape index (κ3) is 4.05. The zero-order chi connectivity index (χ0) is 22.1. The molecule has 2 aromatic carbocycles. The zero-order valence-corrected chi connectivity index (χ0v) is 18.1. The minimum absolute atomic E-state index is 0.0684. The number of carbonyl (C=O) groups excluding carboxylic acids is 1. The molecule has 7 nitrogen and oxygen atoms in total. The highest BCUT2D eigenvalue weighted by Gasteiger charge is 2.46. The molecule has 0 radical (unpaired) electrons. The smallest absolute Gasteiger partial charge is 0.243 e. The number of ether oxygens (including phenoxy) is 2. The molecule has 9 heteroatoms. The first-order valence-corrected chi connectivity index (χ1v) is 11.6. The lowest BCUT2D eigenvalue weighted by Gasteiger charge is -2.40. The number of hydrogen-bond donors (Lipinski definition) is 1. The van der Waals surface area contributed by atoms with Gasteiger partial charge in [-0.15, -0.1) is 0 Å². The number of methoxy groups -OCH3 is 1. The number of nitrogens with one attached hydrogen (secondary N) is 1. The van der Waals surface area contributed by atoms with Gasteiger partial charge in [0.1, 0.15) is 11.6 Å². The van der Waals surface area contributed by atoms with E-state index in [2.05, 4.69) is 5.32 Å². The summed E-state index contributed by atoms with van der Waals surface area (Å²) in [5.74, 6) is -0.348. The molecule has 1 amide bonds. The van der Waals surface area contributed by atoms with Crippen molar-refractivity contribution in [2.75, 3.05) is 38.7 Å². The third-order valence-corrected chi connectivity index (χ3v) is 7.94. The largest absolute Gasteiger partial charge is 0.495 e. The fourth-order valence-corrected chi connectivity index (χ4v) is 5.52. The highest BCUT2D eigenvalue weighted by Crippen LogP contribution is 2.45. The summed E-state index contributed by atoms with van der Waals surface area (Å²) >= 11 is 0. The first-order valence-electron chi connectivity index (χ1n) is 10.2. The molecule has 0 aromatic heterocycles. The molecule has 2 fully saturated rings. The van der Waals surface area contributed by atoms with Gasteiger partial charge in [0.25, 0.3) is 0 Å². The minimum Gasteiger partial charge on any atom is -0.495 e. The van der Waals surface area contributed by atoms with Crippen LogP contribution >= 0.6 is 0 Å². The normalized spacial score (nSPS) is 18.8. The maximum Gasteiger partial charge on any atom is 0.243 e. The number of benzene rings is 2. The van der Waals surface area contributed by atoms with Crippen LogP contribution < -0.4 is 10.1 Å². The molecule has 31 heavy (non-hydrogen) atoms. The molecule has 0 bridgehead atoms. The van der Waals surface area contributed by atoms with E-state index in [9.17, 15) is 17.6 Å². The molecule has 2 aromatic rings. The molecule has 1 aliphatic heterocycles. The topological polar surface area (TPSA) is 84.9 Å². The highest BCUT2D eigenvalue weighted by molar-refractivity contribution is 7.89. The number of sulfonamides is 1. The maximum atomic E-state index is 13.8. The van der Waals surface area contributed by atoms with E-state index in [1.165, 1.54) is 41.7 Å². The second kappa shape index (κ2) is 8.57. The monoisotopic (exact) mass is 448 g/mol. The standard InChI is InChI=1S/C22H25FN2O5S/c1-29-20-7-6-18(31(27,28)25-10-12-30-13-11-25)15-19(20)24-21(26)22(8-3-9-22)16-4-2-5-17(23)14-16/h2,4-7,14-15H,3,8-13H2,1H3,(H,24,26). The summed E-state index contributed by atoms with van der Waals surface area (Å²) in [4.78, 5) is 13.4. The van der Waals surface area contributed by atoms with E-state index in [0.29, 0.717) is 37.4 Å². The van der Waals surface area contributed by atoms with E-state index in [0.717, 1.165) is 6.42 Å². The van der Waals surface area contributed by atoms with Gasteiger partial charge in [-0.3, -0.25) is 4.79 Å². The molecule has 1 heterocycles. The summed E-state index contributed by atoms with van der Waals surface area (Å²) in [5.41, 5.74) is 0.0449. The van der Waals surface area contributed by atoms with Gasteiger partial charge in [0.2, 0.25) is 15.9 Å². The van der Waals surface area contributed by atoms with Gasteiger partial charge in [-0.25, -0.2) is 12.8 Å². The van der Waals surface area contributed by atoms with Crippen molar-refractivity contribution < 1.29 is 27.1 Å². The molecule has 1 saturated heterocycles. The Hall–Kier alpha value is -2.49. The van der Waals surface area contributed by atoms with Crippen molar-refractivity contribution in [3.05, 3.63) is 53.8 Å². The van der Waals surface area contributed by atoms with Crippen LogP contribution in [0.25, 0.3) is 0 Å². The summed E-state index contributed by atoms with van der Waals surface area (Å²) in [7, 11) is -2.28. The van der Waals surface area contributed by atoms with Crippen LogP contribution in [0.5, 0.6) is 5.75 Å². The number of carbonyl (C=O) groups is 1. The Labute approximate surface area is 181 Å². The van der Waals surface area contributed by atoms with Crippen molar-refractivity contribution in [3.8, 4) is 5.75 Å². The molecular formula is C22H25FN2O5S. The molecule has 0 unspecified atom stereocenters. The molecule has 166 valence electrons. The van der Waals surface area contributed by atoms with Crippen LogP contribution in [0.1, 0.15) is 24.8 Å². The lowest BCUT2D eigenvalue weighted by Crippen LogP contribution is -2.46. The van der Waals surface area contributed by atoms with E-state index in [1.54, 1.807) is 12.1 Å². The fourth-order valence-electron chi connectivity index (χ4n) is 4.09. The average molecular weight is 449 g/mol. The molecule has 1 aliphatic carbocycles. The fraction of sp³-hybridized carbons (Fsp3) is 0.409. The Morgan fingerprint density at radius 3 is 2.52 bits per heavy atom. The van der Waals surface area contributed by atoms with Gasteiger partial charge in [-0.1, -0.05) is 18.6 Å². The van der Waals surface area contributed by atoms with Crippen molar-refractivity contribution >= 4 is 21.6 Å². The predicted molar refractivity (Wildman–Crippen MR) is 113 cm³/mol. The Morgan fingerprint density at radius 1 is 1.16 bits per heavy atom. The number of morpholine rings is 1. The third-order valence-electron chi connectivity index (χ3n) is 6.05. The molecule has 2 aliphatic rings. The number of anilines is 1. The lowest BCUT2D eigenvalue weighted by molar-refractivity contribution is -0.124. The number of halogens is 1. The Morgan fingerprint density at radius 2 is 1.90 bits per heavy atom. The quantitative estimate of drug-likeness (QED) is 0.735. The average Bonchev–Trinajstić information content (AvgIpc) is 2.73. The molecule has 0 atom stereocenters. The van der Waals surface area contributed by atoms with Crippen LogP contribution in [0.4, 0.5) is 10.1 Å². The van der Waals surface area contributed by atoms with Gasteiger partial charge < -0.3 is 14.8 Å². The summed E-state index contributed by atoms with van der Waals surface area (Å²) in [6.45, 7) is 1.24. The molecule has 1 N–H and O–H groups in total. The molecule has 1 saturated carbocycles. The maximum absolute atomic E-state index is 13.8. The SMILES string of the molecule is COc1ccc(S(=O)(=O)N2CCOCC2)cc1NC(=O)C1(c2cccc(F)c2)CCC1.